The third kappa shape index (κ3) is 3.77. The van der Waals surface area contributed by atoms with Crippen LogP contribution >= 0.6 is 15.9 Å². The van der Waals surface area contributed by atoms with Gasteiger partial charge in [-0.3, -0.25) is 4.79 Å². The Morgan fingerprint density at radius 1 is 1.41 bits per heavy atom. The summed E-state index contributed by atoms with van der Waals surface area (Å²) in [4.78, 5) is 12.1. The van der Waals surface area contributed by atoms with Gasteiger partial charge in [0.25, 0.3) is 5.91 Å². The fourth-order valence-corrected chi connectivity index (χ4v) is 2.32. The maximum absolute atomic E-state index is 12.1. The van der Waals surface area contributed by atoms with Gasteiger partial charge in [0.2, 0.25) is 0 Å². The van der Waals surface area contributed by atoms with E-state index < -0.39 is 0 Å². The van der Waals surface area contributed by atoms with Crippen molar-refractivity contribution in [2.24, 2.45) is 5.92 Å². The standard InChI is InChI=1S/C12H18BrN3O/c1-7(2)11(6-13)14-12(17)10-5-8(3)15-16-9(10)4/h5,7,11H,6H2,1-4H3,(H,14,17). The topological polar surface area (TPSA) is 54.9 Å². The van der Waals surface area contributed by atoms with Crippen molar-refractivity contribution in [2.45, 2.75) is 33.7 Å². The summed E-state index contributed by atoms with van der Waals surface area (Å²) in [6, 6.07) is 1.89. The quantitative estimate of drug-likeness (QED) is 0.868. The lowest BCUT2D eigenvalue weighted by Gasteiger charge is -2.20. The van der Waals surface area contributed by atoms with E-state index in [4.69, 9.17) is 0 Å². The van der Waals surface area contributed by atoms with Gasteiger partial charge in [0.05, 0.1) is 17.0 Å². The van der Waals surface area contributed by atoms with Crippen LogP contribution in [0.5, 0.6) is 0 Å². The van der Waals surface area contributed by atoms with Crippen LogP contribution in [-0.2, 0) is 0 Å². The van der Waals surface area contributed by atoms with Crippen LogP contribution in [0, 0.1) is 19.8 Å². The molecule has 0 aliphatic carbocycles. The predicted octanol–water partition coefficient (Wildman–Crippen LogP) is 2.24. The molecule has 0 radical (unpaired) electrons. The lowest BCUT2D eigenvalue weighted by atomic mass is 10.1. The van der Waals surface area contributed by atoms with Crippen LogP contribution in [0.15, 0.2) is 6.07 Å². The van der Waals surface area contributed by atoms with E-state index in [0.717, 1.165) is 11.0 Å². The summed E-state index contributed by atoms with van der Waals surface area (Å²) in [5.74, 6) is 0.299. The first-order chi connectivity index (χ1) is 7.95. The van der Waals surface area contributed by atoms with Gasteiger partial charge in [-0.05, 0) is 25.8 Å². The Morgan fingerprint density at radius 3 is 2.59 bits per heavy atom. The van der Waals surface area contributed by atoms with Crippen molar-refractivity contribution in [3.63, 3.8) is 0 Å². The zero-order valence-corrected chi connectivity index (χ0v) is 12.2. The van der Waals surface area contributed by atoms with Crippen LogP contribution in [-0.4, -0.2) is 27.5 Å². The number of hydrogen-bond donors (Lipinski definition) is 1. The molecular weight excluding hydrogens is 282 g/mol. The molecule has 4 nitrogen and oxygen atoms in total. The molecule has 1 unspecified atom stereocenters. The predicted molar refractivity (Wildman–Crippen MR) is 71.4 cm³/mol. The number of carbonyl (C=O) groups is 1. The Bertz CT molecular complexity index is 407. The lowest BCUT2D eigenvalue weighted by molar-refractivity contribution is 0.0930. The molecule has 0 spiro atoms. The van der Waals surface area contributed by atoms with E-state index in [2.05, 4.69) is 45.3 Å². The number of aryl methyl sites for hydroxylation is 2. The second-order valence-electron chi connectivity index (χ2n) is 4.46. The van der Waals surface area contributed by atoms with Crippen molar-refractivity contribution in [1.82, 2.24) is 15.5 Å². The Morgan fingerprint density at radius 2 is 2.06 bits per heavy atom. The fraction of sp³-hybridized carbons (Fsp3) is 0.583. The SMILES string of the molecule is Cc1cc(C(=O)NC(CBr)C(C)C)c(C)nn1. The molecule has 1 heterocycles. The highest BCUT2D eigenvalue weighted by Crippen LogP contribution is 2.09. The van der Waals surface area contributed by atoms with Gasteiger partial charge in [0.1, 0.15) is 0 Å². The maximum Gasteiger partial charge on any atom is 0.253 e. The van der Waals surface area contributed by atoms with Crippen molar-refractivity contribution >= 4 is 21.8 Å². The highest BCUT2D eigenvalue weighted by atomic mass is 79.9. The van der Waals surface area contributed by atoms with Gasteiger partial charge in [-0.1, -0.05) is 29.8 Å². The number of halogens is 1. The molecule has 1 atom stereocenters. The minimum absolute atomic E-state index is 0.0846. The van der Waals surface area contributed by atoms with E-state index in [0.29, 0.717) is 17.2 Å². The molecule has 1 rings (SSSR count). The number of aromatic nitrogens is 2. The largest absolute Gasteiger partial charge is 0.348 e. The van der Waals surface area contributed by atoms with Crippen LogP contribution in [0.3, 0.4) is 0 Å². The van der Waals surface area contributed by atoms with Crippen molar-refractivity contribution in [2.75, 3.05) is 5.33 Å². The van der Waals surface area contributed by atoms with E-state index in [9.17, 15) is 4.79 Å². The molecule has 17 heavy (non-hydrogen) atoms. The number of alkyl halides is 1. The number of nitrogens with one attached hydrogen (secondary N) is 1. The normalized spacial score (nSPS) is 12.6. The Labute approximate surface area is 110 Å². The first kappa shape index (κ1) is 14.1. The van der Waals surface area contributed by atoms with Gasteiger partial charge in [-0.2, -0.15) is 10.2 Å². The number of rotatable bonds is 4. The van der Waals surface area contributed by atoms with E-state index in [1.165, 1.54) is 0 Å². The highest BCUT2D eigenvalue weighted by Gasteiger charge is 2.17. The maximum atomic E-state index is 12.1. The van der Waals surface area contributed by atoms with Crippen molar-refractivity contribution < 1.29 is 4.79 Å². The van der Waals surface area contributed by atoms with E-state index in [-0.39, 0.29) is 11.9 Å². The van der Waals surface area contributed by atoms with Crippen molar-refractivity contribution in [1.29, 1.82) is 0 Å². The molecule has 0 saturated heterocycles. The zero-order valence-electron chi connectivity index (χ0n) is 10.6. The Hall–Kier alpha value is -0.970. The minimum atomic E-state index is -0.0846. The zero-order chi connectivity index (χ0) is 13.0. The van der Waals surface area contributed by atoms with Crippen molar-refractivity contribution in [3.05, 3.63) is 23.0 Å². The van der Waals surface area contributed by atoms with Crippen molar-refractivity contribution in [3.8, 4) is 0 Å². The van der Waals surface area contributed by atoms with Crippen LogP contribution in [0.4, 0.5) is 0 Å². The van der Waals surface area contributed by atoms with Crippen LogP contribution in [0.25, 0.3) is 0 Å². The number of nitrogens with zero attached hydrogens (tertiary/aromatic N) is 2. The number of hydrogen-bond acceptors (Lipinski definition) is 3. The first-order valence-electron chi connectivity index (χ1n) is 5.63. The van der Waals surface area contributed by atoms with Gasteiger partial charge in [0, 0.05) is 11.4 Å². The molecule has 1 N–H and O–H groups in total. The van der Waals surface area contributed by atoms with Gasteiger partial charge in [0.15, 0.2) is 0 Å². The Balaban J connectivity index is 2.86. The summed E-state index contributed by atoms with van der Waals surface area (Å²) in [6.07, 6.45) is 0. The second kappa shape index (κ2) is 6.10. The summed E-state index contributed by atoms with van der Waals surface area (Å²) in [5, 5.41) is 11.6. The third-order valence-electron chi connectivity index (χ3n) is 2.63. The smallest absolute Gasteiger partial charge is 0.253 e. The molecule has 5 heteroatoms. The average Bonchev–Trinajstić information content (AvgIpc) is 2.28. The van der Waals surface area contributed by atoms with Gasteiger partial charge < -0.3 is 5.32 Å². The second-order valence-corrected chi connectivity index (χ2v) is 5.11. The lowest BCUT2D eigenvalue weighted by Crippen LogP contribution is -2.40. The third-order valence-corrected chi connectivity index (χ3v) is 3.33. The summed E-state index contributed by atoms with van der Waals surface area (Å²) < 4.78 is 0. The minimum Gasteiger partial charge on any atom is -0.348 e. The first-order valence-corrected chi connectivity index (χ1v) is 6.75. The van der Waals surface area contributed by atoms with E-state index in [1.807, 2.05) is 6.92 Å². The van der Waals surface area contributed by atoms with Crippen LogP contribution in [0.2, 0.25) is 0 Å². The monoisotopic (exact) mass is 299 g/mol. The average molecular weight is 300 g/mol. The summed E-state index contributed by atoms with van der Waals surface area (Å²) >= 11 is 3.41. The highest BCUT2D eigenvalue weighted by molar-refractivity contribution is 9.09. The molecular formula is C12H18BrN3O. The van der Waals surface area contributed by atoms with Gasteiger partial charge >= 0.3 is 0 Å². The summed E-state index contributed by atoms with van der Waals surface area (Å²) in [6.45, 7) is 7.78. The molecule has 0 aliphatic rings. The van der Waals surface area contributed by atoms with Gasteiger partial charge in [-0.25, -0.2) is 0 Å². The Kier molecular flexibility index (Phi) is 5.05. The number of carbonyl (C=O) groups excluding carboxylic acids is 1. The molecule has 0 aromatic carbocycles. The molecule has 1 amide bonds. The fourth-order valence-electron chi connectivity index (χ4n) is 1.41. The molecule has 94 valence electrons. The summed E-state index contributed by atoms with van der Waals surface area (Å²) in [5.41, 5.74) is 2.01. The van der Waals surface area contributed by atoms with Gasteiger partial charge in [-0.15, -0.1) is 0 Å². The molecule has 0 aliphatic heterocycles. The molecule has 1 aromatic rings. The molecule has 0 bridgehead atoms. The molecule has 0 saturated carbocycles. The molecule has 1 aromatic heterocycles. The molecule has 0 fully saturated rings. The van der Waals surface area contributed by atoms with E-state index >= 15 is 0 Å². The summed E-state index contributed by atoms with van der Waals surface area (Å²) in [7, 11) is 0. The van der Waals surface area contributed by atoms with Crippen LogP contribution in [0.1, 0.15) is 35.6 Å². The van der Waals surface area contributed by atoms with E-state index in [1.54, 1.807) is 13.0 Å². The van der Waals surface area contributed by atoms with Crippen LogP contribution < -0.4 is 5.32 Å². The number of amides is 1.